The van der Waals surface area contributed by atoms with E-state index in [1.165, 1.54) is 89.0 Å². The highest BCUT2D eigenvalue weighted by Gasteiger charge is 2.65. The molecule has 246 valence electrons. The molecule has 8 atom stereocenters. The number of nitrogens with two attached hydrogens (primary N) is 1. The molecule has 4 unspecified atom stereocenters. The summed E-state index contributed by atoms with van der Waals surface area (Å²) in [6.07, 6.45) is 17.5. The van der Waals surface area contributed by atoms with Gasteiger partial charge in [0.1, 0.15) is 0 Å². The summed E-state index contributed by atoms with van der Waals surface area (Å²) < 4.78 is 0. The Bertz CT molecular complexity index is 1510. The van der Waals surface area contributed by atoms with Gasteiger partial charge in [0.05, 0.1) is 0 Å². The maximum absolute atomic E-state index is 7.73. The van der Waals surface area contributed by atoms with E-state index in [4.69, 9.17) is 22.3 Å². The minimum Gasteiger partial charge on any atom is -0.325 e. The minimum absolute atomic E-state index is 0.0316. The molecule has 1 heterocycles. The molecule has 0 aliphatic heterocycles. The first-order valence-electron chi connectivity index (χ1n) is 18.5. The Balaban J connectivity index is 1.03. The largest absolute Gasteiger partial charge is 0.325 e. The first kappa shape index (κ1) is 32.3. The molecule has 2 N–H and O–H groups in total. The fourth-order valence-corrected chi connectivity index (χ4v) is 11.6. The van der Waals surface area contributed by atoms with Crippen LogP contribution >= 0.6 is 11.6 Å². The fourth-order valence-electron chi connectivity index (χ4n) is 11.4. The van der Waals surface area contributed by atoms with Crippen molar-refractivity contribution in [2.45, 2.75) is 123 Å². The Morgan fingerprint density at radius 2 is 1.43 bits per heavy atom. The topological polar surface area (TPSA) is 64.7 Å². The maximum atomic E-state index is 7.73. The van der Waals surface area contributed by atoms with Gasteiger partial charge >= 0.3 is 0 Å². The van der Waals surface area contributed by atoms with Crippen molar-refractivity contribution >= 4 is 11.6 Å². The van der Waals surface area contributed by atoms with Crippen LogP contribution in [0, 0.1) is 40.4 Å². The zero-order valence-corrected chi connectivity index (χ0v) is 29.4. The summed E-state index contributed by atoms with van der Waals surface area (Å²) in [5.74, 6) is 5.70. The molecule has 5 heteroatoms. The number of nitrogens with zero attached hydrogens (tertiary/aromatic N) is 3. The molecule has 0 saturated heterocycles. The molecule has 4 saturated carbocycles. The second-order valence-corrected chi connectivity index (χ2v) is 17.0. The summed E-state index contributed by atoms with van der Waals surface area (Å²) in [5.41, 5.74) is 12.0. The van der Waals surface area contributed by atoms with E-state index < -0.39 is 0 Å². The van der Waals surface area contributed by atoms with Crippen LogP contribution in [0.5, 0.6) is 0 Å². The number of rotatable bonds is 8. The third-order valence-corrected chi connectivity index (χ3v) is 14.1. The summed E-state index contributed by atoms with van der Waals surface area (Å²) in [6.45, 7) is 10.0. The van der Waals surface area contributed by atoms with Gasteiger partial charge in [-0.05, 0) is 128 Å². The van der Waals surface area contributed by atoms with Crippen molar-refractivity contribution in [3.05, 3.63) is 65.4 Å². The lowest BCUT2D eigenvalue weighted by atomic mass is 9.41. The Morgan fingerprint density at radius 3 is 2.15 bits per heavy atom. The minimum atomic E-state index is 0.0316. The van der Waals surface area contributed by atoms with Crippen LogP contribution in [-0.2, 0) is 0 Å². The van der Waals surface area contributed by atoms with E-state index in [0.29, 0.717) is 40.2 Å². The standard InChI is InChI=1S/C41H55ClN4/c1-27(2)10-8-9-13-32-18-19-34-39(32,3)24-22-35-40(4)23-20-31(26-33(40)21-25-41(34,35)43)28-14-16-30(17-15-28)37-44-36(45-38(42)46-37)29-11-6-5-7-12-29/h5-7,11-12,14-17,27,31-35H,8-10,13,18-26,43H2,1-4H3/t31?,32-,33?,34?,35?,39+,40-,41+/m0/s1. The third-order valence-electron chi connectivity index (χ3n) is 13.9. The van der Waals surface area contributed by atoms with Crippen molar-refractivity contribution in [3.63, 3.8) is 0 Å². The third kappa shape index (κ3) is 5.74. The Kier molecular flexibility index (Phi) is 8.85. The fraction of sp³-hybridized carbons (Fsp3) is 0.634. The first-order chi connectivity index (χ1) is 22.1. The van der Waals surface area contributed by atoms with Gasteiger partial charge in [0.2, 0.25) is 5.28 Å². The average molecular weight is 639 g/mol. The Labute approximate surface area is 282 Å². The van der Waals surface area contributed by atoms with E-state index in [9.17, 15) is 0 Å². The molecule has 4 nitrogen and oxygen atoms in total. The molecule has 3 aromatic rings. The number of fused-ring (bicyclic) bond motifs is 5. The number of aromatic nitrogens is 3. The number of hydrogen-bond acceptors (Lipinski definition) is 4. The molecule has 4 fully saturated rings. The van der Waals surface area contributed by atoms with Crippen LogP contribution in [0.2, 0.25) is 5.28 Å². The molecule has 2 aromatic carbocycles. The second kappa shape index (κ2) is 12.6. The molecule has 0 radical (unpaired) electrons. The molecule has 4 aliphatic carbocycles. The van der Waals surface area contributed by atoms with Gasteiger partial charge < -0.3 is 5.73 Å². The lowest BCUT2D eigenvalue weighted by Crippen LogP contribution is -2.68. The number of unbranched alkanes of at least 4 members (excludes halogenated alkanes) is 1. The number of benzene rings is 2. The molecule has 4 aliphatic rings. The summed E-state index contributed by atoms with van der Waals surface area (Å²) in [6, 6.07) is 18.9. The molecule has 46 heavy (non-hydrogen) atoms. The second-order valence-electron chi connectivity index (χ2n) is 16.7. The van der Waals surface area contributed by atoms with Gasteiger partial charge in [-0.2, -0.15) is 9.97 Å². The average Bonchev–Trinajstić information content (AvgIpc) is 3.40. The summed E-state index contributed by atoms with van der Waals surface area (Å²) >= 11 is 6.35. The van der Waals surface area contributed by atoms with E-state index in [2.05, 4.69) is 61.9 Å². The summed E-state index contributed by atoms with van der Waals surface area (Å²) in [4.78, 5) is 13.6. The van der Waals surface area contributed by atoms with Gasteiger partial charge in [0.15, 0.2) is 11.6 Å². The van der Waals surface area contributed by atoms with E-state index >= 15 is 0 Å². The highest BCUT2D eigenvalue weighted by Crippen LogP contribution is 2.69. The van der Waals surface area contributed by atoms with Crippen molar-refractivity contribution in [2.75, 3.05) is 0 Å². The number of halogens is 1. The van der Waals surface area contributed by atoms with Crippen molar-refractivity contribution < 1.29 is 0 Å². The van der Waals surface area contributed by atoms with Crippen molar-refractivity contribution in [1.82, 2.24) is 15.0 Å². The predicted molar refractivity (Wildman–Crippen MR) is 190 cm³/mol. The maximum Gasteiger partial charge on any atom is 0.226 e. The van der Waals surface area contributed by atoms with Gasteiger partial charge in [-0.25, -0.2) is 4.98 Å². The van der Waals surface area contributed by atoms with Crippen LogP contribution < -0.4 is 5.73 Å². The van der Waals surface area contributed by atoms with Gasteiger partial charge in [-0.3, -0.25) is 0 Å². The van der Waals surface area contributed by atoms with Gasteiger partial charge in [-0.15, -0.1) is 0 Å². The predicted octanol–water partition coefficient (Wildman–Crippen LogP) is 10.9. The molecule has 1 aromatic heterocycles. The van der Waals surface area contributed by atoms with Crippen LogP contribution in [0.3, 0.4) is 0 Å². The Morgan fingerprint density at radius 1 is 0.761 bits per heavy atom. The van der Waals surface area contributed by atoms with Crippen LogP contribution in [-0.4, -0.2) is 20.5 Å². The van der Waals surface area contributed by atoms with Crippen molar-refractivity contribution in [1.29, 1.82) is 0 Å². The van der Waals surface area contributed by atoms with E-state index in [-0.39, 0.29) is 10.8 Å². The molecular weight excluding hydrogens is 584 g/mol. The van der Waals surface area contributed by atoms with Gasteiger partial charge in [0.25, 0.3) is 0 Å². The van der Waals surface area contributed by atoms with Gasteiger partial charge in [-0.1, -0.05) is 102 Å². The molecule has 0 spiro atoms. The van der Waals surface area contributed by atoms with Crippen LogP contribution in [0.4, 0.5) is 0 Å². The molecule has 7 rings (SSSR count). The van der Waals surface area contributed by atoms with E-state index in [0.717, 1.165) is 28.9 Å². The summed E-state index contributed by atoms with van der Waals surface area (Å²) in [7, 11) is 0. The van der Waals surface area contributed by atoms with Crippen molar-refractivity contribution in [2.24, 2.45) is 46.2 Å². The van der Waals surface area contributed by atoms with E-state index in [1.54, 1.807) is 0 Å². The van der Waals surface area contributed by atoms with Crippen LogP contribution in [0.25, 0.3) is 22.8 Å². The first-order valence-corrected chi connectivity index (χ1v) is 18.8. The highest BCUT2D eigenvalue weighted by molar-refractivity contribution is 6.28. The normalized spacial score (nSPS) is 35.4. The lowest BCUT2D eigenvalue weighted by Gasteiger charge is -2.65. The molecule has 0 bridgehead atoms. The molecular formula is C41H55ClN4. The highest BCUT2D eigenvalue weighted by atomic mass is 35.5. The quantitative estimate of drug-likeness (QED) is 0.249. The number of hydrogen-bond donors (Lipinski definition) is 1. The van der Waals surface area contributed by atoms with E-state index in [1.807, 2.05) is 30.3 Å². The SMILES string of the molecule is CC(C)CCCC[C@H]1CCC2[C@]3(N)CCC4CC(c5ccc(-c6nc(Cl)nc(-c7ccccc7)n6)cc5)CC[C@]4(C)C3CC[C@@]21C. The zero-order valence-electron chi connectivity index (χ0n) is 28.6. The zero-order chi connectivity index (χ0) is 32.1. The lowest BCUT2D eigenvalue weighted by molar-refractivity contribution is -0.128. The Hall–Kier alpha value is -2.30. The monoisotopic (exact) mass is 638 g/mol. The van der Waals surface area contributed by atoms with Crippen LogP contribution in [0.1, 0.15) is 123 Å². The molecule has 0 amide bonds. The van der Waals surface area contributed by atoms with Crippen LogP contribution in [0.15, 0.2) is 54.6 Å². The smallest absolute Gasteiger partial charge is 0.226 e. The summed E-state index contributed by atoms with van der Waals surface area (Å²) in [5, 5.41) is 0.227. The van der Waals surface area contributed by atoms with Gasteiger partial charge in [0, 0.05) is 16.7 Å². The van der Waals surface area contributed by atoms with Crippen molar-refractivity contribution in [3.8, 4) is 22.8 Å².